The number of rotatable bonds is 9. The zero-order valence-electron chi connectivity index (χ0n) is 19.7. The van der Waals surface area contributed by atoms with E-state index in [9.17, 15) is 9.59 Å². The van der Waals surface area contributed by atoms with Gasteiger partial charge >= 0.3 is 0 Å². The summed E-state index contributed by atoms with van der Waals surface area (Å²) in [7, 11) is 0. The average molecular weight is 456 g/mol. The first kappa shape index (κ1) is 23.1. The van der Waals surface area contributed by atoms with Crippen molar-refractivity contribution in [3.05, 3.63) is 90.1 Å². The Morgan fingerprint density at radius 3 is 2.03 bits per heavy atom. The first-order chi connectivity index (χ1) is 16.6. The average Bonchev–Trinajstić information content (AvgIpc) is 3.11. The van der Waals surface area contributed by atoms with Gasteiger partial charge in [0, 0.05) is 24.5 Å². The molecule has 0 radical (unpaired) electrons. The van der Waals surface area contributed by atoms with E-state index in [0.29, 0.717) is 29.1 Å². The molecule has 1 aliphatic heterocycles. The molecule has 3 aromatic rings. The molecule has 0 atom stereocenters. The first-order valence-electron chi connectivity index (χ1n) is 11.6. The van der Waals surface area contributed by atoms with Crippen LogP contribution in [-0.2, 0) is 9.59 Å². The van der Waals surface area contributed by atoms with Crippen LogP contribution >= 0.6 is 0 Å². The monoisotopic (exact) mass is 455 g/mol. The van der Waals surface area contributed by atoms with Crippen molar-refractivity contribution in [3.8, 4) is 5.75 Å². The van der Waals surface area contributed by atoms with Crippen molar-refractivity contribution < 1.29 is 14.3 Å². The minimum Gasteiger partial charge on any atom is -0.494 e. The number of carbonyl (C=O) groups is 2. The summed E-state index contributed by atoms with van der Waals surface area (Å²) >= 11 is 0. The molecule has 2 amide bonds. The molecule has 1 heterocycles. The van der Waals surface area contributed by atoms with Gasteiger partial charge < -0.3 is 15.0 Å². The van der Waals surface area contributed by atoms with Crippen LogP contribution in [0.5, 0.6) is 5.75 Å². The van der Waals surface area contributed by atoms with E-state index in [-0.39, 0.29) is 17.5 Å². The number of ether oxygens (including phenoxy) is 1. The van der Waals surface area contributed by atoms with Crippen molar-refractivity contribution in [1.29, 1.82) is 0 Å². The maximum Gasteiger partial charge on any atom is 0.282 e. The molecule has 6 nitrogen and oxygen atoms in total. The third-order valence-electron chi connectivity index (χ3n) is 5.82. The van der Waals surface area contributed by atoms with Crippen LogP contribution in [0.15, 0.2) is 84.6 Å². The van der Waals surface area contributed by atoms with Crippen LogP contribution < -0.4 is 19.9 Å². The maximum absolute atomic E-state index is 13.6. The number of benzene rings is 3. The fourth-order valence-corrected chi connectivity index (χ4v) is 4.10. The van der Waals surface area contributed by atoms with E-state index >= 15 is 0 Å². The number of carbonyl (C=O) groups excluding carboxylic acids is 2. The van der Waals surface area contributed by atoms with E-state index in [1.807, 2.05) is 85.8 Å². The Balaban J connectivity index is 1.69. The molecule has 0 aliphatic carbocycles. The number of imide groups is 1. The lowest BCUT2D eigenvalue weighted by molar-refractivity contribution is -0.120. The van der Waals surface area contributed by atoms with Gasteiger partial charge in [0.25, 0.3) is 11.8 Å². The Labute approximate surface area is 200 Å². The van der Waals surface area contributed by atoms with Gasteiger partial charge in [0.05, 0.1) is 17.9 Å². The van der Waals surface area contributed by atoms with Crippen LogP contribution in [0.1, 0.15) is 26.3 Å². The summed E-state index contributed by atoms with van der Waals surface area (Å²) in [6.45, 7) is 8.46. The normalized spacial score (nSPS) is 13.4. The smallest absolute Gasteiger partial charge is 0.282 e. The van der Waals surface area contributed by atoms with E-state index in [0.717, 1.165) is 24.5 Å². The lowest BCUT2D eigenvalue weighted by atomic mass is 10.0. The van der Waals surface area contributed by atoms with E-state index < -0.39 is 0 Å². The predicted molar refractivity (Wildman–Crippen MR) is 137 cm³/mol. The Hall–Kier alpha value is -4.06. The second-order valence-electron chi connectivity index (χ2n) is 7.83. The third kappa shape index (κ3) is 4.53. The highest BCUT2D eigenvalue weighted by Gasteiger charge is 2.40. The van der Waals surface area contributed by atoms with Crippen LogP contribution in [0.2, 0.25) is 0 Å². The van der Waals surface area contributed by atoms with Crippen molar-refractivity contribution in [2.45, 2.75) is 20.8 Å². The van der Waals surface area contributed by atoms with E-state index in [4.69, 9.17) is 4.74 Å². The second-order valence-corrected chi connectivity index (χ2v) is 7.83. The molecule has 0 bridgehead atoms. The lowest BCUT2D eigenvalue weighted by Gasteiger charge is -2.22. The molecule has 0 unspecified atom stereocenters. The predicted octanol–water partition coefficient (Wildman–Crippen LogP) is 5.33. The molecule has 1 N–H and O–H groups in total. The van der Waals surface area contributed by atoms with Crippen molar-refractivity contribution >= 4 is 34.4 Å². The Kier molecular flexibility index (Phi) is 6.97. The van der Waals surface area contributed by atoms with Gasteiger partial charge in [-0.05, 0) is 74.9 Å². The van der Waals surface area contributed by atoms with E-state index in [2.05, 4.69) is 24.1 Å². The fourth-order valence-electron chi connectivity index (χ4n) is 4.10. The second kappa shape index (κ2) is 10.3. The van der Waals surface area contributed by atoms with Gasteiger partial charge in [-0.3, -0.25) is 9.59 Å². The minimum atomic E-state index is -0.381. The van der Waals surface area contributed by atoms with E-state index in [1.165, 1.54) is 4.90 Å². The number of hydrogen-bond acceptors (Lipinski definition) is 5. The van der Waals surface area contributed by atoms with Crippen molar-refractivity contribution in [2.75, 3.05) is 34.8 Å². The molecule has 1 aliphatic rings. The van der Waals surface area contributed by atoms with Crippen molar-refractivity contribution in [3.63, 3.8) is 0 Å². The SMILES string of the molecule is CCOc1ccc(NC2=C(c3ccccc3)C(=O)N(c3ccc(N(CC)CC)cc3)C2=O)cc1. The van der Waals surface area contributed by atoms with Crippen LogP contribution in [0.3, 0.4) is 0 Å². The van der Waals surface area contributed by atoms with Gasteiger partial charge in [-0.2, -0.15) is 0 Å². The summed E-state index contributed by atoms with van der Waals surface area (Å²) in [5.74, 6) is 0.0163. The topological polar surface area (TPSA) is 61.9 Å². The number of hydrogen-bond donors (Lipinski definition) is 1. The van der Waals surface area contributed by atoms with Gasteiger partial charge in [0.2, 0.25) is 0 Å². The molecule has 0 saturated heterocycles. The maximum atomic E-state index is 13.6. The Morgan fingerprint density at radius 1 is 0.794 bits per heavy atom. The molecule has 0 saturated carbocycles. The molecule has 3 aromatic carbocycles. The van der Waals surface area contributed by atoms with Gasteiger partial charge in [0.1, 0.15) is 11.4 Å². The highest BCUT2D eigenvalue weighted by atomic mass is 16.5. The molecule has 34 heavy (non-hydrogen) atoms. The molecule has 0 fully saturated rings. The summed E-state index contributed by atoms with van der Waals surface area (Å²) in [6.07, 6.45) is 0. The standard InChI is InChI=1S/C28H29N3O3/c1-4-30(5-2)22-14-16-23(17-15-22)31-27(32)25(20-10-8-7-9-11-20)26(28(31)33)29-21-12-18-24(19-13-21)34-6-3/h7-19,29H,4-6H2,1-3H3. The van der Waals surface area contributed by atoms with Crippen LogP contribution in [-0.4, -0.2) is 31.5 Å². The summed E-state index contributed by atoms with van der Waals surface area (Å²) in [6, 6.07) is 24.2. The zero-order chi connectivity index (χ0) is 24.1. The van der Waals surface area contributed by atoms with Crippen molar-refractivity contribution in [2.24, 2.45) is 0 Å². The molecule has 4 rings (SSSR count). The third-order valence-corrected chi connectivity index (χ3v) is 5.82. The molecule has 0 aromatic heterocycles. The Morgan fingerprint density at radius 2 is 1.44 bits per heavy atom. The fraction of sp³-hybridized carbons (Fsp3) is 0.214. The quantitative estimate of drug-likeness (QED) is 0.442. The van der Waals surface area contributed by atoms with E-state index in [1.54, 1.807) is 0 Å². The number of amides is 2. The molecule has 174 valence electrons. The van der Waals surface area contributed by atoms with Gasteiger partial charge in [0.15, 0.2) is 0 Å². The van der Waals surface area contributed by atoms with Crippen LogP contribution in [0.4, 0.5) is 17.1 Å². The van der Waals surface area contributed by atoms with Crippen LogP contribution in [0.25, 0.3) is 5.57 Å². The number of nitrogens with zero attached hydrogens (tertiary/aromatic N) is 2. The minimum absolute atomic E-state index is 0.258. The largest absolute Gasteiger partial charge is 0.494 e. The molecular weight excluding hydrogens is 426 g/mol. The summed E-state index contributed by atoms with van der Waals surface area (Å²) in [5, 5.41) is 3.19. The molecule has 6 heteroatoms. The summed E-state index contributed by atoms with van der Waals surface area (Å²) in [4.78, 5) is 30.6. The molecule has 0 spiro atoms. The van der Waals surface area contributed by atoms with Crippen LogP contribution in [0, 0.1) is 0 Å². The summed E-state index contributed by atoms with van der Waals surface area (Å²) in [5.41, 5.74) is 3.60. The highest BCUT2D eigenvalue weighted by molar-refractivity contribution is 6.46. The van der Waals surface area contributed by atoms with Gasteiger partial charge in [-0.25, -0.2) is 4.90 Å². The van der Waals surface area contributed by atoms with Crippen molar-refractivity contribution in [1.82, 2.24) is 0 Å². The van der Waals surface area contributed by atoms with Gasteiger partial charge in [-0.15, -0.1) is 0 Å². The molecular formula is C28H29N3O3. The zero-order valence-corrected chi connectivity index (χ0v) is 19.7. The highest BCUT2D eigenvalue weighted by Crippen LogP contribution is 2.34. The van der Waals surface area contributed by atoms with Gasteiger partial charge in [-0.1, -0.05) is 30.3 Å². The number of anilines is 3. The number of nitrogens with one attached hydrogen (secondary N) is 1. The Bertz CT molecular complexity index is 1180. The summed E-state index contributed by atoms with van der Waals surface area (Å²) < 4.78 is 5.50. The lowest BCUT2D eigenvalue weighted by Crippen LogP contribution is -2.32. The first-order valence-corrected chi connectivity index (χ1v) is 11.6.